The highest BCUT2D eigenvalue weighted by Gasteiger charge is 2.03. The molecule has 2 aromatic rings. The number of benzene rings is 1. The van der Waals surface area contributed by atoms with E-state index in [0.29, 0.717) is 12.3 Å². The highest BCUT2D eigenvalue weighted by Crippen LogP contribution is 2.18. The van der Waals surface area contributed by atoms with Crippen molar-refractivity contribution in [2.45, 2.75) is 26.3 Å². The molecule has 1 N–H and O–H groups in total. The molecule has 0 bridgehead atoms. The lowest BCUT2D eigenvalue weighted by molar-refractivity contribution is 0.506. The van der Waals surface area contributed by atoms with Crippen molar-refractivity contribution in [2.24, 2.45) is 0 Å². The molecule has 1 heterocycles. The van der Waals surface area contributed by atoms with Gasteiger partial charge in [-0.1, -0.05) is 31.5 Å². The smallest absolute Gasteiger partial charge is 0.203 e. The minimum Gasteiger partial charge on any atom is -0.449 e. The minimum atomic E-state index is 0.355. The maximum atomic E-state index is 8.69. The van der Waals surface area contributed by atoms with Gasteiger partial charge in [-0.2, -0.15) is 5.26 Å². The average molecular weight is 240 g/mol. The van der Waals surface area contributed by atoms with Crippen LogP contribution in [-0.2, 0) is 13.0 Å². The maximum absolute atomic E-state index is 8.69. The molecule has 0 amide bonds. The number of nitrogens with one attached hydrogen (secondary N) is 1. The zero-order valence-electron chi connectivity index (χ0n) is 10.4. The van der Waals surface area contributed by atoms with Gasteiger partial charge in [0.05, 0.1) is 6.54 Å². The third-order valence-corrected chi connectivity index (χ3v) is 2.76. The predicted octanol–water partition coefficient (Wildman–Crippen LogP) is 3.72. The molecular formula is C15H16N2O. The first-order valence-corrected chi connectivity index (χ1v) is 6.14. The molecule has 0 saturated carbocycles. The number of anilines is 1. The molecule has 0 aliphatic heterocycles. The van der Waals surface area contributed by atoms with E-state index in [4.69, 9.17) is 9.68 Å². The SMILES string of the molecule is CCCc1ccccc1NCc1ccc(C#N)o1. The topological polar surface area (TPSA) is 49.0 Å². The molecule has 92 valence electrons. The first kappa shape index (κ1) is 12.3. The molecule has 1 aromatic carbocycles. The number of nitriles is 1. The molecule has 3 nitrogen and oxygen atoms in total. The summed E-state index contributed by atoms with van der Waals surface area (Å²) >= 11 is 0. The van der Waals surface area contributed by atoms with Crippen molar-refractivity contribution in [3.05, 3.63) is 53.5 Å². The molecule has 0 radical (unpaired) electrons. The van der Waals surface area contributed by atoms with Gasteiger partial charge in [-0.15, -0.1) is 0 Å². The van der Waals surface area contributed by atoms with E-state index in [1.54, 1.807) is 6.07 Å². The monoisotopic (exact) mass is 240 g/mol. The van der Waals surface area contributed by atoms with Crippen molar-refractivity contribution in [3.8, 4) is 6.07 Å². The third kappa shape index (κ3) is 2.92. The number of furan rings is 1. The van der Waals surface area contributed by atoms with Gasteiger partial charge in [0.15, 0.2) is 0 Å². The Balaban J connectivity index is 2.03. The summed E-state index contributed by atoms with van der Waals surface area (Å²) in [6.45, 7) is 2.77. The second-order valence-electron chi connectivity index (χ2n) is 4.14. The summed E-state index contributed by atoms with van der Waals surface area (Å²) < 4.78 is 5.33. The Morgan fingerprint density at radius 3 is 2.78 bits per heavy atom. The van der Waals surface area contributed by atoms with Gasteiger partial charge in [0, 0.05) is 5.69 Å². The van der Waals surface area contributed by atoms with E-state index in [-0.39, 0.29) is 0 Å². The van der Waals surface area contributed by atoms with Gasteiger partial charge >= 0.3 is 0 Å². The first-order chi connectivity index (χ1) is 8.83. The average Bonchev–Trinajstić information content (AvgIpc) is 2.86. The van der Waals surface area contributed by atoms with Crippen LogP contribution in [0.2, 0.25) is 0 Å². The third-order valence-electron chi connectivity index (χ3n) is 2.76. The number of rotatable bonds is 5. The predicted molar refractivity (Wildman–Crippen MR) is 71.2 cm³/mol. The van der Waals surface area contributed by atoms with Crippen LogP contribution in [0.1, 0.15) is 30.4 Å². The zero-order valence-corrected chi connectivity index (χ0v) is 10.4. The van der Waals surface area contributed by atoms with E-state index in [2.05, 4.69) is 30.4 Å². The Kier molecular flexibility index (Phi) is 4.03. The fourth-order valence-electron chi connectivity index (χ4n) is 1.90. The standard InChI is InChI=1S/C15H16N2O/c1-2-5-12-6-3-4-7-15(12)17-11-14-9-8-13(10-16)18-14/h3-4,6-9,17H,2,5,11H2,1H3. The van der Waals surface area contributed by atoms with E-state index >= 15 is 0 Å². The van der Waals surface area contributed by atoms with Crippen molar-refractivity contribution in [3.63, 3.8) is 0 Å². The summed E-state index contributed by atoms with van der Waals surface area (Å²) in [6.07, 6.45) is 2.18. The summed E-state index contributed by atoms with van der Waals surface area (Å²) in [6, 6.07) is 13.8. The van der Waals surface area contributed by atoms with E-state index < -0.39 is 0 Å². The van der Waals surface area contributed by atoms with Crippen LogP contribution >= 0.6 is 0 Å². The van der Waals surface area contributed by atoms with Gasteiger partial charge in [0.1, 0.15) is 11.8 Å². The Morgan fingerprint density at radius 1 is 1.22 bits per heavy atom. The van der Waals surface area contributed by atoms with Crippen molar-refractivity contribution in [1.82, 2.24) is 0 Å². The second kappa shape index (κ2) is 5.92. The molecule has 1 aromatic heterocycles. The fourth-order valence-corrected chi connectivity index (χ4v) is 1.90. The fraction of sp³-hybridized carbons (Fsp3) is 0.267. The Labute approximate surface area is 107 Å². The molecule has 3 heteroatoms. The van der Waals surface area contributed by atoms with Crippen molar-refractivity contribution >= 4 is 5.69 Å². The van der Waals surface area contributed by atoms with Crippen molar-refractivity contribution in [1.29, 1.82) is 5.26 Å². The molecule has 0 fully saturated rings. The Morgan fingerprint density at radius 2 is 2.06 bits per heavy atom. The molecule has 2 rings (SSSR count). The van der Waals surface area contributed by atoms with Crippen LogP contribution in [0.25, 0.3) is 0 Å². The molecule has 0 aliphatic carbocycles. The lowest BCUT2D eigenvalue weighted by Gasteiger charge is -2.10. The van der Waals surface area contributed by atoms with Crippen LogP contribution in [0.5, 0.6) is 0 Å². The Bertz CT molecular complexity index is 552. The van der Waals surface area contributed by atoms with Crippen molar-refractivity contribution < 1.29 is 4.42 Å². The van der Waals surface area contributed by atoms with E-state index in [1.165, 1.54) is 5.56 Å². The van der Waals surface area contributed by atoms with Gasteiger partial charge in [-0.3, -0.25) is 0 Å². The van der Waals surface area contributed by atoms with Crippen molar-refractivity contribution in [2.75, 3.05) is 5.32 Å². The Hall–Kier alpha value is -2.21. The largest absolute Gasteiger partial charge is 0.449 e. The van der Waals surface area contributed by atoms with Crippen LogP contribution in [0.3, 0.4) is 0 Å². The molecule has 0 saturated heterocycles. The number of aryl methyl sites for hydroxylation is 1. The van der Waals surface area contributed by atoms with Gasteiger partial charge in [0.2, 0.25) is 5.76 Å². The number of para-hydroxylation sites is 1. The van der Waals surface area contributed by atoms with Crippen LogP contribution < -0.4 is 5.32 Å². The quantitative estimate of drug-likeness (QED) is 0.866. The number of hydrogen-bond acceptors (Lipinski definition) is 3. The molecule has 18 heavy (non-hydrogen) atoms. The molecule has 0 aliphatic rings. The van der Waals surface area contributed by atoms with Gasteiger partial charge in [-0.05, 0) is 30.2 Å². The van der Waals surface area contributed by atoms with E-state index in [1.807, 2.05) is 18.2 Å². The number of nitrogens with zero attached hydrogens (tertiary/aromatic N) is 1. The van der Waals surface area contributed by atoms with Gasteiger partial charge < -0.3 is 9.73 Å². The van der Waals surface area contributed by atoms with Gasteiger partial charge in [0.25, 0.3) is 0 Å². The van der Waals surface area contributed by atoms with Gasteiger partial charge in [-0.25, -0.2) is 0 Å². The normalized spacial score (nSPS) is 10.0. The second-order valence-corrected chi connectivity index (χ2v) is 4.14. The van der Waals surface area contributed by atoms with E-state index in [0.717, 1.165) is 24.3 Å². The van der Waals surface area contributed by atoms with Crippen LogP contribution in [0.4, 0.5) is 5.69 Å². The summed E-state index contributed by atoms with van der Waals surface area (Å²) in [7, 11) is 0. The molecule has 0 unspecified atom stereocenters. The number of hydrogen-bond donors (Lipinski definition) is 1. The van der Waals surface area contributed by atoms with Crippen LogP contribution in [0, 0.1) is 11.3 Å². The summed E-state index contributed by atoms with van der Waals surface area (Å²) in [5, 5.41) is 12.0. The lowest BCUT2D eigenvalue weighted by Crippen LogP contribution is -2.01. The summed E-state index contributed by atoms with van der Waals surface area (Å²) in [4.78, 5) is 0. The highest BCUT2D eigenvalue weighted by molar-refractivity contribution is 5.51. The van der Waals surface area contributed by atoms with E-state index in [9.17, 15) is 0 Å². The lowest BCUT2D eigenvalue weighted by atomic mass is 10.1. The summed E-state index contributed by atoms with van der Waals surface area (Å²) in [5.74, 6) is 1.13. The molecule has 0 spiro atoms. The molecule has 0 atom stereocenters. The zero-order chi connectivity index (χ0) is 12.8. The van der Waals surface area contributed by atoms with Crippen LogP contribution in [-0.4, -0.2) is 0 Å². The minimum absolute atomic E-state index is 0.355. The first-order valence-electron chi connectivity index (χ1n) is 6.14. The maximum Gasteiger partial charge on any atom is 0.203 e. The van der Waals surface area contributed by atoms with Crippen LogP contribution in [0.15, 0.2) is 40.8 Å². The highest BCUT2D eigenvalue weighted by atomic mass is 16.3. The molecular weight excluding hydrogens is 224 g/mol. The summed E-state index contributed by atoms with van der Waals surface area (Å²) in [5.41, 5.74) is 2.45.